The second kappa shape index (κ2) is 9.59. The van der Waals surface area contributed by atoms with E-state index in [1.165, 1.54) is 43.8 Å². The summed E-state index contributed by atoms with van der Waals surface area (Å²) in [6.45, 7) is 1.50. The average molecular weight is 516 g/mol. The summed E-state index contributed by atoms with van der Waals surface area (Å²) in [4.78, 5) is 16.9. The summed E-state index contributed by atoms with van der Waals surface area (Å²) in [6, 6.07) is 7.66. The standard InChI is InChI=1S/C22H18ClF4N3O3S/c1-12-8-13(24)4-5-18(12)33-19-11-16(22(25,26)27)17(23)10-15(19)21(31)29-14-6-7-28-20(9-14)30-34(2,3)32/h4-11H,1-3H3,(H,28,29,31). The zero-order valence-electron chi connectivity index (χ0n) is 18.0. The predicted molar refractivity (Wildman–Crippen MR) is 122 cm³/mol. The first kappa shape index (κ1) is 25.4. The summed E-state index contributed by atoms with van der Waals surface area (Å²) < 4.78 is 75.1. The van der Waals surface area contributed by atoms with E-state index in [1.54, 1.807) is 0 Å². The summed E-state index contributed by atoms with van der Waals surface area (Å²) in [5.41, 5.74) is -1.00. The van der Waals surface area contributed by atoms with E-state index < -0.39 is 44.0 Å². The number of rotatable bonds is 5. The first-order valence-electron chi connectivity index (χ1n) is 9.52. The molecule has 3 rings (SSSR count). The Morgan fingerprint density at radius 1 is 1.12 bits per heavy atom. The van der Waals surface area contributed by atoms with Gasteiger partial charge in [-0.1, -0.05) is 11.6 Å². The number of nitrogens with zero attached hydrogens (tertiary/aromatic N) is 2. The van der Waals surface area contributed by atoms with Gasteiger partial charge < -0.3 is 10.1 Å². The molecule has 0 radical (unpaired) electrons. The van der Waals surface area contributed by atoms with Crippen LogP contribution in [0, 0.1) is 12.7 Å². The number of aromatic nitrogens is 1. The lowest BCUT2D eigenvalue weighted by Crippen LogP contribution is -2.15. The van der Waals surface area contributed by atoms with Gasteiger partial charge in [0.1, 0.15) is 17.3 Å². The molecule has 0 saturated heterocycles. The fraction of sp³-hybridized carbons (Fsp3) is 0.182. The summed E-state index contributed by atoms with van der Waals surface area (Å²) in [6.07, 6.45) is -0.675. The van der Waals surface area contributed by atoms with Gasteiger partial charge in [0.25, 0.3) is 5.91 Å². The van der Waals surface area contributed by atoms with Gasteiger partial charge in [-0.15, -0.1) is 0 Å². The number of hydrogen-bond acceptors (Lipinski definition) is 5. The molecule has 0 spiro atoms. The molecule has 1 amide bonds. The van der Waals surface area contributed by atoms with Gasteiger partial charge in [0.05, 0.1) is 16.1 Å². The van der Waals surface area contributed by atoms with Crippen LogP contribution in [0.1, 0.15) is 21.5 Å². The van der Waals surface area contributed by atoms with Crippen LogP contribution in [0.4, 0.5) is 29.1 Å². The molecule has 12 heteroatoms. The third-order valence-electron chi connectivity index (χ3n) is 4.29. The van der Waals surface area contributed by atoms with Crippen LogP contribution in [-0.2, 0) is 15.9 Å². The minimum absolute atomic E-state index is 0.0524. The zero-order chi connectivity index (χ0) is 25.3. The SMILES string of the molecule is Cc1cc(F)ccc1Oc1cc(C(F)(F)F)c(Cl)cc1C(=O)Nc1ccnc(N=S(C)(C)=O)c1. The van der Waals surface area contributed by atoms with E-state index >= 15 is 0 Å². The van der Waals surface area contributed by atoms with Gasteiger partial charge in [-0.3, -0.25) is 4.79 Å². The number of pyridine rings is 1. The summed E-state index contributed by atoms with van der Waals surface area (Å²) in [5, 5.41) is 1.80. The second-order valence-electron chi connectivity index (χ2n) is 7.47. The van der Waals surface area contributed by atoms with Crippen LogP contribution < -0.4 is 10.1 Å². The average Bonchev–Trinajstić information content (AvgIpc) is 2.69. The van der Waals surface area contributed by atoms with Crippen molar-refractivity contribution in [1.82, 2.24) is 4.98 Å². The number of carbonyl (C=O) groups excluding carboxylic acids is 1. The molecule has 1 aromatic heterocycles. The van der Waals surface area contributed by atoms with Gasteiger partial charge in [0.2, 0.25) is 0 Å². The molecule has 1 heterocycles. The number of alkyl halides is 3. The fourth-order valence-corrected chi connectivity index (χ4v) is 3.67. The molecule has 180 valence electrons. The minimum atomic E-state index is -4.81. The molecule has 3 aromatic rings. The predicted octanol–water partition coefficient (Wildman–Crippen LogP) is 6.61. The lowest BCUT2D eigenvalue weighted by atomic mass is 10.1. The molecule has 0 aliphatic carbocycles. The van der Waals surface area contributed by atoms with E-state index in [9.17, 15) is 26.6 Å². The van der Waals surface area contributed by atoms with Crippen LogP contribution in [0.5, 0.6) is 11.5 Å². The Morgan fingerprint density at radius 2 is 1.82 bits per heavy atom. The minimum Gasteiger partial charge on any atom is -0.456 e. The maximum Gasteiger partial charge on any atom is 0.417 e. The van der Waals surface area contributed by atoms with Crippen molar-refractivity contribution < 1.29 is 31.3 Å². The number of halogens is 5. The fourth-order valence-electron chi connectivity index (χ4n) is 2.85. The van der Waals surface area contributed by atoms with E-state index in [0.717, 1.165) is 18.2 Å². The molecule has 2 aromatic carbocycles. The first-order valence-corrected chi connectivity index (χ1v) is 12.2. The highest BCUT2D eigenvalue weighted by Gasteiger charge is 2.35. The van der Waals surface area contributed by atoms with Crippen LogP contribution in [-0.4, -0.2) is 27.6 Å². The number of nitrogens with one attached hydrogen (secondary N) is 1. The van der Waals surface area contributed by atoms with Crippen LogP contribution in [0.3, 0.4) is 0 Å². The molecule has 34 heavy (non-hydrogen) atoms. The molecule has 0 saturated carbocycles. The molecule has 0 fully saturated rings. The Bertz CT molecular complexity index is 1380. The summed E-state index contributed by atoms with van der Waals surface area (Å²) in [5.74, 6) is -1.69. The molecule has 1 N–H and O–H groups in total. The largest absolute Gasteiger partial charge is 0.456 e. The third-order valence-corrected chi connectivity index (χ3v) is 5.23. The van der Waals surface area contributed by atoms with E-state index in [1.807, 2.05) is 0 Å². The summed E-state index contributed by atoms with van der Waals surface area (Å²) in [7, 11) is -2.52. The van der Waals surface area contributed by atoms with Gasteiger partial charge in [0, 0.05) is 40.2 Å². The molecule has 0 aliphatic heterocycles. The molecule has 0 bridgehead atoms. The first-order chi connectivity index (χ1) is 15.7. The lowest BCUT2D eigenvalue weighted by Gasteiger charge is -2.17. The van der Waals surface area contributed by atoms with Crippen LogP contribution in [0.15, 0.2) is 53.0 Å². The van der Waals surface area contributed by atoms with Gasteiger partial charge in [-0.25, -0.2) is 13.6 Å². The Morgan fingerprint density at radius 3 is 2.44 bits per heavy atom. The smallest absolute Gasteiger partial charge is 0.417 e. The molecular weight excluding hydrogens is 498 g/mol. The number of aryl methyl sites for hydroxylation is 1. The highest BCUT2D eigenvalue weighted by atomic mass is 35.5. The van der Waals surface area contributed by atoms with Gasteiger partial charge in [-0.05, 0) is 48.9 Å². The van der Waals surface area contributed by atoms with Crippen molar-refractivity contribution in [3.05, 3.63) is 76.2 Å². The topological polar surface area (TPSA) is 80.7 Å². The molecule has 0 aliphatic rings. The zero-order valence-corrected chi connectivity index (χ0v) is 19.6. The van der Waals surface area contributed by atoms with Crippen molar-refractivity contribution in [3.8, 4) is 11.5 Å². The Hall–Kier alpha value is -3.18. The number of ether oxygens (including phenoxy) is 1. The van der Waals surface area contributed by atoms with Crippen molar-refractivity contribution in [2.75, 3.05) is 17.8 Å². The van der Waals surface area contributed by atoms with E-state index in [4.69, 9.17) is 16.3 Å². The van der Waals surface area contributed by atoms with Crippen LogP contribution >= 0.6 is 11.6 Å². The number of amides is 1. The van der Waals surface area contributed by atoms with Gasteiger partial charge >= 0.3 is 6.18 Å². The number of carbonyl (C=O) groups is 1. The van der Waals surface area contributed by atoms with Crippen LogP contribution in [0.2, 0.25) is 5.02 Å². The monoisotopic (exact) mass is 515 g/mol. The lowest BCUT2D eigenvalue weighted by molar-refractivity contribution is -0.137. The van der Waals surface area contributed by atoms with Crippen LogP contribution in [0.25, 0.3) is 0 Å². The van der Waals surface area contributed by atoms with E-state index in [0.29, 0.717) is 11.6 Å². The molecule has 0 unspecified atom stereocenters. The van der Waals surface area contributed by atoms with E-state index in [-0.39, 0.29) is 22.8 Å². The number of benzene rings is 2. The van der Waals surface area contributed by atoms with E-state index in [2.05, 4.69) is 14.7 Å². The molecule has 0 atom stereocenters. The maximum absolute atomic E-state index is 13.4. The highest BCUT2D eigenvalue weighted by molar-refractivity contribution is 7.92. The van der Waals surface area contributed by atoms with Crippen molar-refractivity contribution in [2.45, 2.75) is 13.1 Å². The van der Waals surface area contributed by atoms with Crippen molar-refractivity contribution in [3.63, 3.8) is 0 Å². The molecular formula is C22H18ClF4N3O3S. The number of anilines is 1. The molecule has 6 nitrogen and oxygen atoms in total. The van der Waals surface area contributed by atoms with Crippen molar-refractivity contribution >= 4 is 38.7 Å². The van der Waals surface area contributed by atoms with Crippen molar-refractivity contribution in [1.29, 1.82) is 0 Å². The quantitative estimate of drug-likeness (QED) is 0.388. The Labute approximate surface area is 198 Å². The maximum atomic E-state index is 13.4. The summed E-state index contributed by atoms with van der Waals surface area (Å²) >= 11 is 5.82. The van der Waals surface area contributed by atoms with Gasteiger partial charge in [-0.2, -0.15) is 17.5 Å². The Balaban J connectivity index is 2.04. The Kier molecular flexibility index (Phi) is 7.18. The number of hydrogen-bond donors (Lipinski definition) is 1. The highest BCUT2D eigenvalue weighted by Crippen LogP contribution is 2.40. The van der Waals surface area contributed by atoms with Crippen molar-refractivity contribution in [2.24, 2.45) is 4.36 Å². The second-order valence-corrected chi connectivity index (χ2v) is 10.4. The van der Waals surface area contributed by atoms with Gasteiger partial charge in [0.15, 0.2) is 5.82 Å². The third kappa shape index (κ3) is 6.45. The normalized spacial score (nSPS) is 11.8.